The second kappa shape index (κ2) is 7.17. The lowest BCUT2D eigenvalue weighted by molar-refractivity contribution is -0.384. The molecule has 1 aliphatic rings. The number of imidazole rings is 1. The van der Waals surface area contributed by atoms with E-state index in [2.05, 4.69) is 15.3 Å². The average Bonchev–Trinajstić information content (AvgIpc) is 3.24. The van der Waals surface area contributed by atoms with Gasteiger partial charge in [0.2, 0.25) is 0 Å². The monoisotopic (exact) mass is 393 g/mol. The number of hydrogen-bond acceptors (Lipinski definition) is 7. The van der Waals surface area contributed by atoms with Crippen molar-refractivity contribution >= 4 is 34.2 Å². The number of imide groups is 1. The van der Waals surface area contributed by atoms with Crippen molar-refractivity contribution in [3.8, 4) is 11.4 Å². The molecule has 2 heterocycles. The van der Waals surface area contributed by atoms with E-state index in [1.807, 2.05) is 0 Å². The van der Waals surface area contributed by atoms with Gasteiger partial charge in [-0.1, -0.05) is 0 Å². The zero-order valence-electron chi connectivity index (χ0n) is 15.0. The molecule has 3 aromatic rings. The van der Waals surface area contributed by atoms with Gasteiger partial charge in [-0.25, -0.2) is 4.98 Å². The molecule has 10 nitrogen and oxygen atoms in total. The van der Waals surface area contributed by atoms with Crippen molar-refractivity contribution in [2.75, 3.05) is 18.5 Å². The van der Waals surface area contributed by atoms with Crippen molar-refractivity contribution in [2.24, 2.45) is 0 Å². The highest BCUT2D eigenvalue weighted by molar-refractivity contribution is 6.17. The first-order valence-corrected chi connectivity index (χ1v) is 8.66. The van der Waals surface area contributed by atoms with E-state index in [0.29, 0.717) is 22.5 Å². The fourth-order valence-corrected chi connectivity index (χ4v) is 3.02. The molecule has 29 heavy (non-hydrogen) atoms. The molecule has 0 saturated carbocycles. The molecule has 4 rings (SSSR count). The van der Waals surface area contributed by atoms with Crippen LogP contribution in [-0.4, -0.2) is 49.9 Å². The lowest BCUT2D eigenvalue weighted by atomic mass is 10.2. The van der Waals surface area contributed by atoms with Gasteiger partial charge in [0, 0.05) is 29.5 Å². The fraction of sp³-hybridized carbons (Fsp3) is 0.105. The Hall–Kier alpha value is -4.05. The smallest absolute Gasteiger partial charge is 0.277 e. The Morgan fingerprint density at radius 3 is 2.62 bits per heavy atom. The third-order valence-corrected chi connectivity index (χ3v) is 4.45. The predicted octanol–water partition coefficient (Wildman–Crippen LogP) is 1.79. The number of carbonyl (C=O) groups excluding carboxylic acids is 2. The lowest BCUT2D eigenvalue weighted by Crippen LogP contribution is -2.34. The van der Waals surface area contributed by atoms with Gasteiger partial charge < -0.3 is 15.4 Å². The molecule has 0 spiro atoms. The number of aromatic nitrogens is 2. The molecule has 146 valence electrons. The van der Waals surface area contributed by atoms with Gasteiger partial charge in [-0.15, -0.1) is 0 Å². The van der Waals surface area contributed by atoms with Crippen molar-refractivity contribution in [3.05, 3.63) is 64.4 Å². The maximum atomic E-state index is 12.2. The number of fused-ring (bicyclic) bond motifs is 1. The summed E-state index contributed by atoms with van der Waals surface area (Å²) in [6.45, 7) is -0.351. The first-order valence-electron chi connectivity index (χ1n) is 8.66. The van der Waals surface area contributed by atoms with Crippen molar-refractivity contribution < 1.29 is 19.6 Å². The van der Waals surface area contributed by atoms with Gasteiger partial charge in [-0.2, -0.15) is 0 Å². The van der Waals surface area contributed by atoms with Crippen LogP contribution in [0.15, 0.2) is 54.2 Å². The number of β-amino-alcohol motifs (C(OH)–C–C–N with tert-alkyl or cyclic N) is 1. The maximum Gasteiger partial charge on any atom is 0.277 e. The zero-order chi connectivity index (χ0) is 20.5. The number of aliphatic hydroxyl groups is 1. The Labute approximate surface area is 163 Å². The van der Waals surface area contributed by atoms with Crippen LogP contribution in [0.4, 0.5) is 11.4 Å². The van der Waals surface area contributed by atoms with Gasteiger partial charge in [0.1, 0.15) is 11.5 Å². The Kier molecular flexibility index (Phi) is 4.53. The van der Waals surface area contributed by atoms with E-state index in [1.165, 1.54) is 18.2 Å². The Balaban J connectivity index is 1.53. The molecule has 0 atom stereocenters. The largest absolute Gasteiger partial charge is 0.395 e. The predicted molar refractivity (Wildman–Crippen MR) is 104 cm³/mol. The van der Waals surface area contributed by atoms with Crippen molar-refractivity contribution in [1.29, 1.82) is 0 Å². The minimum absolute atomic E-state index is 0.0217. The van der Waals surface area contributed by atoms with Crippen molar-refractivity contribution in [1.82, 2.24) is 14.9 Å². The number of rotatable bonds is 6. The number of aromatic amines is 1. The summed E-state index contributed by atoms with van der Waals surface area (Å²) in [5.41, 5.74) is 2.62. The summed E-state index contributed by atoms with van der Waals surface area (Å²) < 4.78 is 0. The molecule has 1 aromatic heterocycles. The fourth-order valence-electron chi connectivity index (χ4n) is 3.02. The van der Waals surface area contributed by atoms with Gasteiger partial charge in [-0.3, -0.25) is 24.6 Å². The number of hydrogen-bond donors (Lipinski definition) is 3. The van der Waals surface area contributed by atoms with Crippen LogP contribution in [0.5, 0.6) is 0 Å². The lowest BCUT2D eigenvalue weighted by Gasteiger charge is -2.13. The number of nitro benzene ring substituents is 1. The Morgan fingerprint density at radius 2 is 1.93 bits per heavy atom. The van der Waals surface area contributed by atoms with Crippen molar-refractivity contribution in [2.45, 2.75) is 0 Å². The summed E-state index contributed by atoms with van der Waals surface area (Å²) in [6.07, 6.45) is 1.19. The first kappa shape index (κ1) is 18.3. The number of nitrogens with one attached hydrogen (secondary N) is 2. The third kappa shape index (κ3) is 3.44. The molecular weight excluding hydrogens is 378 g/mol. The number of H-pyrrole nitrogens is 1. The number of nitro groups is 1. The van der Waals surface area contributed by atoms with E-state index in [9.17, 15) is 19.7 Å². The molecule has 0 saturated heterocycles. The highest BCUT2D eigenvalue weighted by atomic mass is 16.6. The van der Waals surface area contributed by atoms with E-state index < -0.39 is 16.7 Å². The first-order chi connectivity index (χ1) is 14.0. The number of amides is 2. The second-order valence-electron chi connectivity index (χ2n) is 6.32. The van der Waals surface area contributed by atoms with Crippen LogP contribution in [0, 0.1) is 10.1 Å². The van der Waals surface area contributed by atoms with Crippen LogP contribution >= 0.6 is 0 Å². The molecule has 0 aliphatic carbocycles. The summed E-state index contributed by atoms with van der Waals surface area (Å²) in [4.78, 5) is 42.8. The Morgan fingerprint density at radius 1 is 1.17 bits per heavy atom. The minimum atomic E-state index is -0.494. The highest BCUT2D eigenvalue weighted by Crippen LogP contribution is 2.25. The molecule has 2 amide bonds. The van der Waals surface area contributed by atoms with Crippen LogP contribution in [0.25, 0.3) is 22.4 Å². The number of aliphatic hydroxyl groups excluding tert-OH is 1. The van der Waals surface area contributed by atoms with Crippen LogP contribution in [-0.2, 0) is 9.59 Å². The molecule has 2 aromatic carbocycles. The molecule has 0 radical (unpaired) electrons. The van der Waals surface area contributed by atoms with E-state index in [4.69, 9.17) is 5.11 Å². The molecule has 0 unspecified atom stereocenters. The molecular formula is C19H15N5O5. The van der Waals surface area contributed by atoms with Crippen LogP contribution < -0.4 is 5.32 Å². The van der Waals surface area contributed by atoms with E-state index in [-0.39, 0.29) is 24.5 Å². The third-order valence-electron chi connectivity index (χ3n) is 4.45. The number of nitrogens with zero attached hydrogens (tertiary/aromatic N) is 3. The summed E-state index contributed by atoms with van der Waals surface area (Å²) in [6, 6.07) is 11.4. The quantitative estimate of drug-likeness (QED) is 0.329. The maximum absolute atomic E-state index is 12.2. The summed E-state index contributed by atoms with van der Waals surface area (Å²) in [5.74, 6) is -0.418. The van der Waals surface area contributed by atoms with Crippen molar-refractivity contribution in [3.63, 3.8) is 0 Å². The number of benzene rings is 2. The minimum Gasteiger partial charge on any atom is -0.395 e. The number of anilines is 1. The number of non-ortho nitro benzene ring substituents is 1. The molecule has 0 fully saturated rings. The SMILES string of the molecule is O=C1C=C(Nc2ccc(-c3nc4ccc([N+](=O)[O-])cc4[nH]3)cc2)C(=O)N1CCO. The van der Waals surface area contributed by atoms with Gasteiger partial charge in [-0.05, 0) is 30.3 Å². The average molecular weight is 393 g/mol. The van der Waals surface area contributed by atoms with Gasteiger partial charge in [0.25, 0.3) is 17.5 Å². The molecule has 0 bridgehead atoms. The molecule has 10 heteroatoms. The summed E-state index contributed by atoms with van der Waals surface area (Å²) in [5, 5.41) is 22.7. The van der Waals surface area contributed by atoms with Gasteiger partial charge in [0.15, 0.2) is 0 Å². The van der Waals surface area contributed by atoms with Gasteiger partial charge >= 0.3 is 0 Å². The molecule has 1 aliphatic heterocycles. The van der Waals surface area contributed by atoms with E-state index >= 15 is 0 Å². The molecule has 3 N–H and O–H groups in total. The van der Waals surface area contributed by atoms with E-state index in [0.717, 1.165) is 10.5 Å². The Bertz CT molecular complexity index is 1170. The highest BCUT2D eigenvalue weighted by Gasteiger charge is 2.30. The summed E-state index contributed by atoms with van der Waals surface area (Å²) >= 11 is 0. The zero-order valence-corrected chi connectivity index (χ0v) is 15.0. The van der Waals surface area contributed by atoms with E-state index in [1.54, 1.807) is 30.3 Å². The van der Waals surface area contributed by atoms with Gasteiger partial charge in [0.05, 0.1) is 29.1 Å². The second-order valence-corrected chi connectivity index (χ2v) is 6.32. The van der Waals surface area contributed by atoms with Crippen LogP contribution in [0.1, 0.15) is 0 Å². The normalized spacial score (nSPS) is 13.8. The number of carbonyl (C=O) groups is 2. The van der Waals surface area contributed by atoms with Crippen LogP contribution in [0.3, 0.4) is 0 Å². The topological polar surface area (TPSA) is 141 Å². The summed E-state index contributed by atoms with van der Waals surface area (Å²) in [7, 11) is 0. The standard InChI is InChI=1S/C19H15N5O5/c25-8-7-23-17(26)10-16(19(23)27)20-12-3-1-11(2-4-12)18-21-14-6-5-13(24(28)29)9-15(14)22-18/h1-6,9-10,20,25H,7-8H2,(H,21,22). The van der Waals surface area contributed by atoms with Crippen LogP contribution in [0.2, 0.25) is 0 Å².